The zero-order valence-electron chi connectivity index (χ0n) is 17.5. The van der Waals surface area contributed by atoms with E-state index < -0.39 is 20.0 Å². The van der Waals surface area contributed by atoms with Gasteiger partial charge in [-0.3, -0.25) is 4.72 Å². The Kier molecular flexibility index (Phi) is 6.74. The van der Waals surface area contributed by atoms with Gasteiger partial charge in [0, 0.05) is 18.8 Å². The second-order valence-corrected chi connectivity index (χ2v) is 11.1. The number of hydrogen-bond acceptors (Lipinski definition) is 5. The van der Waals surface area contributed by atoms with Crippen molar-refractivity contribution in [1.82, 2.24) is 4.31 Å². The van der Waals surface area contributed by atoms with E-state index in [0.29, 0.717) is 37.4 Å². The molecule has 3 rings (SSSR count). The third-order valence-electron chi connectivity index (χ3n) is 5.05. The first-order valence-electron chi connectivity index (χ1n) is 10.0. The molecule has 164 valence electrons. The fourth-order valence-electron chi connectivity index (χ4n) is 3.54. The molecule has 1 heterocycles. The minimum Gasteiger partial charge on any atom is -0.494 e. The van der Waals surface area contributed by atoms with Crippen molar-refractivity contribution in [1.29, 1.82) is 0 Å². The van der Waals surface area contributed by atoms with E-state index in [2.05, 4.69) is 4.72 Å². The van der Waals surface area contributed by atoms with E-state index in [1.807, 2.05) is 19.9 Å². The number of benzene rings is 2. The molecule has 1 aliphatic heterocycles. The highest BCUT2D eigenvalue weighted by molar-refractivity contribution is 7.92. The number of rotatable bonds is 8. The van der Waals surface area contributed by atoms with Crippen molar-refractivity contribution in [3.8, 4) is 5.75 Å². The van der Waals surface area contributed by atoms with E-state index in [1.54, 1.807) is 31.2 Å². The van der Waals surface area contributed by atoms with Crippen molar-refractivity contribution in [3.05, 3.63) is 53.1 Å². The first kappa shape index (κ1) is 22.6. The van der Waals surface area contributed by atoms with Crippen LogP contribution in [0.1, 0.15) is 37.0 Å². The lowest BCUT2D eigenvalue weighted by molar-refractivity contribution is 0.337. The number of ether oxygens (including phenoxy) is 1. The molecule has 0 saturated carbocycles. The van der Waals surface area contributed by atoms with Gasteiger partial charge in [-0.25, -0.2) is 16.8 Å². The summed E-state index contributed by atoms with van der Waals surface area (Å²) in [6.45, 7) is 6.72. The van der Waals surface area contributed by atoms with Crippen LogP contribution in [-0.4, -0.2) is 40.0 Å². The Bertz CT molecular complexity index is 1130. The summed E-state index contributed by atoms with van der Waals surface area (Å²) in [7, 11) is -7.08. The Morgan fingerprint density at radius 1 is 1.03 bits per heavy atom. The Balaban J connectivity index is 1.82. The van der Waals surface area contributed by atoms with Gasteiger partial charge in [0.15, 0.2) is 0 Å². The summed E-state index contributed by atoms with van der Waals surface area (Å²) in [4.78, 5) is 0.147. The number of sulfonamides is 2. The summed E-state index contributed by atoms with van der Waals surface area (Å²) in [5.41, 5.74) is 3.01. The van der Waals surface area contributed by atoms with Crippen molar-refractivity contribution >= 4 is 25.7 Å². The molecular formula is C21H28N2O5S2. The third kappa shape index (κ3) is 4.96. The molecular weight excluding hydrogens is 424 g/mol. The van der Waals surface area contributed by atoms with Crippen molar-refractivity contribution in [3.63, 3.8) is 0 Å². The molecule has 9 heteroatoms. The average Bonchev–Trinajstić information content (AvgIpc) is 2.68. The average molecular weight is 453 g/mol. The van der Waals surface area contributed by atoms with Crippen LogP contribution in [0, 0.1) is 6.92 Å². The van der Waals surface area contributed by atoms with E-state index in [-0.39, 0.29) is 17.2 Å². The monoisotopic (exact) mass is 452 g/mol. The predicted octanol–water partition coefficient (Wildman–Crippen LogP) is 3.29. The van der Waals surface area contributed by atoms with Crippen LogP contribution in [0.3, 0.4) is 0 Å². The fourth-order valence-corrected chi connectivity index (χ4v) is 6.15. The zero-order valence-corrected chi connectivity index (χ0v) is 19.1. The smallest absolute Gasteiger partial charge is 0.261 e. The summed E-state index contributed by atoms with van der Waals surface area (Å²) in [5.74, 6) is 0.768. The Morgan fingerprint density at radius 3 is 2.47 bits per heavy atom. The van der Waals surface area contributed by atoms with Crippen molar-refractivity contribution < 1.29 is 21.6 Å². The van der Waals surface area contributed by atoms with Gasteiger partial charge < -0.3 is 4.74 Å². The molecule has 0 aromatic heterocycles. The highest BCUT2D eigenvalue weighted by Gasteiger charge is 2.26. The van der Waals surface area contributed by atoms with Crippen LogP contribution in [0.25, 0.3) is 0 Å². The van der Waals surface area contributed by atoms with Crippen molar-refractivity contribution in [2.24, 2.45) is 0 Å². The summed E-state index contributed by atoms with van der Waals surface area (Å²) in [6, 6.07) is 10.0. The normalized spacial score (nSPS) is 14.9. The van der Waals surface area contributed by atoms with E-state index >= 15 is 0 Å². The van der Waals surface area contributed by atoms with Crippen LogP contribution < -0.4 is 9.46 Å². The molecule has 0 spiro atoms. The molecule has 2 aromatic rings. The summed E-state index contributed by atoms with van der Waals surface area (Å²) in [6.07, 6.45) is 1.18. The van der Waals surface area contributed by atoms with Crippen molar-refractivity contribution in [2.75, 3.05) is 23.6 Å². The van der Waals surface area contributed by atoms with Crippen LogP contribution in [-0.2, 0) is 33.0 Å². The van der Waals surface area contributed by atoms with Crippen LogP contribution in [0.5, 0.6) is 5.75 Å². The number of nitrogens with zero attached hydrogens (tertiary/aromatic N) is 1. The molecule has 0 radical (unpaired) electrons. The summed E-state index contributed by atoms with van der Waals surface area (Å²) in [5, 5.41) is 0. The van der Waals surface area contributed by atoms with Gasteiger partial charge in [0.05, 0.1) is 17.3 Å². The van der Waals surface area contributed by atoms with Gasteiger partial charge >= 0.3 is 0 Å². The zero-order chi connectivity index (χ0) is 21.9. The fraction of sp³-hybridized carbons (Fsp3) is 0.429. The Morgan fingerprint density at radius 2 is 1.80 bits per heavy atom. The molecule has 2 aromatic carbocycles. The molecule has 7 nitrogen and oxygen atoms in total. The largest absolute Gasteiger partial charge is 0.494 e. The van der Waals surface area contributed by atoms with E-state index in [4.69, 9.17) is 4.74 Å². The van der Waals surface area contributed by atoms with Gasteiger partial charge in [0.2, 0.25) is 10.0 Å². The number of nitrogens with one attached hydrogen (secondary N) is 1. The van der Waals surface area contributed by atoms with Crippen LogP contribution >= 0.6 is 0 Å². The number of hydrogen-bond donors (Lipinski definition) is 1. The lowest BCUT2D eigenvalue weighted by Gasteiger charge is -2.28. The summed E-state index contributed by atoms with van der Waals surface area (Å²) < 4.78 is 60.0. The molecule has 1 aliphatic rings. The number of aryl methyl sites for hydroxylation is 1. The lowest BCUT2D eigenvalue weighted by Crippen LogP contribution is -2.37. The van der Waals surface area contributed by atoms with Gasteiger partial charge in [-0.1, -0.05) is 13.0 Å². The summed E-state index contributed by atoms with van der Waals surface area (Å²) >= 11 is 0. The van der Waals surface area contributed by atoms with Gasteiger partial charge in [-0.05, 0) is 73.7 Å². The quantitative estimate of drug-likeness (QED) is 0.663. The van der Waals surface area contributed by atoms with Gasteiger partial charge in [0.1, 0.15) is 5.75 Å². The number of anilines is 1. The van der Waals surface area contributed by atoms with Gasteiger partial charge in [0.25, 0.3) is 10.0 Å². The first-order valence-corrected chi connectivity index (χ1v) is 13.1. The molecule has 0 amide bonds. The molecule has 0 bridgehead atoms. The second kappa shape index (κ2) is 8.95. The molecule has 1 N–H and O–H groups in total. The molecule has 0 saturated heterocycles. The molecule has 0 atom stereocenters. The minimum atomic E-state index is -3.78. The predicted molar refractivity (Wildman–Crippen MR) is 118 cm³/mol. The molecule has 30 heavy (non-hydrogen) atoms. The number of fused-ring (bicyclic) bond motifs is 1. The maximum atomic E-state index is 12.8. The van der Waals surface area contributed by atoms with Crippen molar-refractivity contribution in [2.45, 2.75) is 45.1 Å². The maximum absolute atomic E-state index is 12.8. The SMILES string of the molecule is CCCS(=O)(=O)N1CCc2ccc(NS(=O)(=O)c3ccc(OCC)c(C)c3)cc2C1. The van der Waals surface area contributed by atoms with Gasteiger partial charge in [-0.2, -0.15) is 4.31 Å². The first-order chi connectivity index (χ1) is 14.2. The Hall–Kier alpha value is -2.10. The molecule has 0 aliphatic carbocycles. The maximum Gasteiger partial charge on any atom is 0.261 e. The standard InChI is InChI=1S/C21H28N2O5S2/c1-4-12-29(24,25)23-11-10-17-6-7-19(14-18(17)15-23)22-30(26,27)20-8-9-21(28-5-2)16(3)13-20/h6-9,13-14,22H,4-5,10-12,15H2,1-3H3. The molecule has 0 unspecified atom stereocenters. The van der Waals surface area contributed by atoms with E-state index in [1.165, 1.54) is 10.4 Å². The van der Waals surface area contributed by atoms with E-state index in [9.17, 15) is 16.8 Å². The molecule has 0 fully saturated rings. The van der Waals surface area contributed by atoms with Crippen LogP contribution in [0.4, 0.5) is 5.69 Å². The highest BCUT2D eigenvalue weighted by Crippen LogP contribution is 2.27. The van der Waals surface area contributed by atoms with Crippen LogP contribution in [0.15, 0.2) is 41.3 Å². The van der Waals surface area contributed by atoms with Gasteiger partial charge in [-0.15, -0.1) is 0 Å². The second-order valence-electron chi connectivity index (χ2n) is 7.35. The lowest BCUT2D eigenvalue weighted by atomic mass is 10.0. The Labute approximate surface area is 179 Å². The minimum absolute atomic E-state index is 0.117. The topological polar surface area (TPSA) is 92.8 Å². The highest BCUT2D eigenvalue weighted by atomic mass is 32.2. The van der Waals surface area contributed by atoms with E-state index in [0.717, 1.165) is 16.7 Å². The van der Waals surface area contributed by atoms with Crippen LogP contribution in [0.2, 0.25) is 0 Å². The third-order valence-corrected chi connectivity index (χ3v) is 8.45.